The van der Waals surface area contributed by atoms with Crippen LogP contribution in [0.2, 0.25) is 5.15 Å². The summed E-state index contributed by atoms with van der Waals surface area (Å²) in [6.45, 7) is 5.91. The molecule has 0 aromatic carbocycles. The van der Waals surface area contributed by atoms with Gasteiger partial charge in [-0.2, -0.15) is 0 Å². The van der Waals surface area contributed by atoms with Gasteiger partial charge in [-0.05, 0) is 12.3 Å². The number of aromatic nitrogens is 2. The van der Waals surface area contributed by atoms with E-state index in [0.29, 0.717) is 16.8 Å². The molecule has 5 nitrogen and oxygen atoms in total. The van der Waals surface area contributed by atoms with Crippen molar-refractivity contribution in [3.8, 4) is 0 Å². The molecule has 0 aliphatic carbocycles. The number of carbonyl (C=O) groups excluding carboxylic acids is 1. The highest BCUT2D eigenvalue weighted by molar-refractivity contribution is 6.29. The van der Waals surface area contributed by atoms with E-state index in [4.69, 9.17) is 16.3 Å². The van der Waals surface area contributed by atoms with Gasteiger partial charge in [-0.1, -0.05) is 32.4 Å². The molecule has 0 saturated heterocycles. The van der Waals surface area contributed by atoms with Gasteiger partial charge < -0.3 is 10.1 Å². The summed E-state index contributed by atoms with van der Waals surface area (Å²) < 4.78 is 4.78. The normalized spacial score (nSPS) is 12.3. The molecule has 19 heavy (non-hydrogen) atoms. The average molecular weight is 286 g/mol. The molecule has 106 valence electrons. The number of nitrogens with zero attached hydrogens (tertiary/aromatic N) is 2. The summed E-state index contributed by atoms with van der Waals surface area (Å²) in [6.07, 6.45) is 1.68. The summed E-state index contributed by atoms with van der Waals surface area (Å²) in [7, 11) is 1.37. The van der Waals surface area contributed by atoms with E-state index in [1.54, 1.807) is 6.07 Å². The first-order chi connectivity index (χ1) is 8.97. The fourth-order valence-corrected chi connectivity index (χ4v) is 1.86. The Hall–Kier alpha value is -1.36. The van der Waals surface area contributed by atoms with Crippen LogP contribution in [0.4, 0.5) is 5.82 Å². The molecule has 0 radical (unpaired) electrons. The van der Waals surface area contributed by atoms with Crippen LogP contribution in [0.25, 0.3) is 0 Å². The SMILES string of the molecule is CCCc1nc(Cl)cc(NC(C(=O)OC)C(C)C)n1. The van der Waals surface area contributed by atoms with Crippen LogP contribution >= 0.6 is 11.6 Å². The maximum absolute atomic E-state index is 11.7. The lowest BCUT2D eigenvalue weighted by molar-refractivity contribution is -0.142. The second kappa shape index (κ2) is 7.28. The second-order valence-electron chi connectivity index (χ2n) is 4.63. The molecule has 0 fully saturated rings. The van der Waals surface area contributed by atoms with Crippen molar-refractivity contribution in [3.05, 3.63) is 17.0 Å². The van der Waals surface area contributed by atoms with Crippen molar-refractivity contribution in [2.75, 3.05) is 12.4 Å². The first kappa shape index (κ1) is 15.7. The molecule has 0 spiro atoms. The standard InChI is InChI=1S/C13H20ClN3O2/c1-5-6-10-15-9(14)7-11(16-10)17-12(8(2)3)13(18)19-4/h7-8,12H,5-6H2,1-4H3,(H,15,16,17). The lowest BCUT2D eigenvalue weighted by Crippen LogP contribution is -2.35. The summed E-state index contributed by atoms with van der Waals surface area (Å²) in [5, 5.41) is 3.43. The second-order valence-corrected chi connectivity index (χ2v) is 5.02. The highest BCUT2D eigenvalue weighted by atomic mass is 35.5. The highest BCUT2D eigenvalue weighted by Gasteiger charge is 2.23. The first-order valence-electron chi connectivity index (χ1n) is 6.35. The lowest BCUT2D eigenvalue weighted by atomic mass is 10.0. The van der Waals surface area contributed by atoms with Crippen molar-refractivity contribution >= 4 is 23.4 Å². The Kier molecular flexibility index (Phi) is 6.02. The number of halogens is 1. The third-order valence-electron chi connectivity index (χ3n) is 2.64. The predicted octanol–water partition coefficient (Wildman–Crippen LogP) is 2.69. The van der Waals surface area contributed by atoms with E-state index in [9.17, 15) is 4.79 Å². The van der Waals surface area contributed by atoms with E-state index < -0.39 is 6.04 Å². The number of methoxy groups -OCH3 is 1. The molecule has 0 saturated carbocycles. The molecule has 6 heteroatoms. The number of nitrogens with one attached hydrogen (secondary N) is 1. The Balaban J connectivity index is 2.92. The van der Waals surface area contributed by atoms with Crippen molar-refractivity contribution in [2.45, 2.75) is 39.7 Å². The Morgan fingerprint density at radius 1 is 1.47 bits per heavy atom. The Morgan fingerprint density at radius 2 is 2.16 bits per heavy atom. The number of anilines is 1. The summed E-state index contributed by atoms with van der Waals surface area (Å²) in [6, 6.07) is 1.16. The summed E-state index contributed by atoms with van der Waals surface area (Å²) >= 11 is 5.95. The number of carbonyl (C=O) groups is 1. The summed E-state index contributed by atoms with van der Waals surface area (Å²) in [5.74, 6) is 0.981. The first-order valence-corrected chi connectivity index (χ1v) is 6.73. The number of rotatable bonds is 6. The van der Waals surface area contributed by atoms with Gasteiger partial charge in [-0.25, -0.2) is 14.8 Å². The van der Waals surface area contributed by atoms with Crippen LogP contribution in [0.5, 0.6) is 0 Å². The van der Waals surface area contributed by atoms with Gasteiger partial charge in [0.1, 0.15) is 22.8 Å². The van der Waals surface area contributed by atoms with Crippen LogP contribution in [0.15, 0.2) is 6.07 Å². The van der Waals surface area contributed by atoms with Gasteiger partial charge in [0.15, 0.2) is 0 Å². The molecular formula is C13H20ClN3O2. The summed E-state index contributed by atoms with van der Waals surface area (Å²) in [5.41, 5.74) is 0. The number of hydrogen-bond donors (Lipinski definition) is 1. The van der Waals surface area contributed by atoms with Crippen LogP contribution in [0, 0.1) is 5.92 Å². The minimum Gasteiger partial charge on any atom is -0.467 e. The molecule has 1 heterocycles. The molecule has 1 N–H and O–H groups in total. The van der Waals surface area contributed by atoms with Crippen molar-refractivity contribution < 1.29 is 9.53 Å². The van der Waals surface area contributed by atoms with Gasteiger partial charge in [-0.15, -0.1) is 0 Å². The van der Waals surface area contributed by atoms with Crippen LogP contribution < -0.4 is 5.32 Å². The van der Waals surface area contributed by atoms with Crippen LogP contribution in [-0.4, -0.2) is 29.1 Å². The molecule has 1 rings (SSSR count). The van der Waals surface area contributed by atoms with Gasteiger partial charge in [0.05, 0.1) is 7.11 Å². The predicted molar refractivity (Wildman–Crippen MR) is 75.3 cm³/mol. The number of hydrogen-bond acceptors (Lipinski definition) is 5. The zero-order chi connectivity index (χ0) is 14.4. The van der Waals surface area contributed by atoms with E-state index in [0.717, 1.165) is 12.8 Å². The Labute approximate surface area is 118 Å². The monoisotopic (exact) mass is 285 g/mol. The fraction of sp³-hybridized carbons (Fsp3) is 0.615. The van der Waals surface area contributed by atoms with Gasteiger partial charge in [-0.3, -0.25) is 0 Å². The number of aryl methyl sites for hydroxylation is 1. The quantitative estimate of drug-likeness (QED) is 0.643. The largest absolute Gasteiger partial charge is 0.467 e. The van der Waals surface area contributed by atoms with Crippen LogP contribution in [-0.2, 0) is 16.0 Å². The molecule has 1 aromatic heterocycles. The molecular weight excluding hydrogens is 266 g/mol. The van der Waals surface area contributed by atoms with Gasteiger partial charge in [0, 0.05) is 12.5 Å². The van der Waals surface area contributed by atoms with E-state index in [1.165, 1.54) is 7.11 Å². The van der Waals surface area contributed by atoms with Crippen molar-refractivity contribution in [2.24, 2.45) is 5.92 Å². The smallest absolute Gasteiger partial charge is 0.328 e. The summed E-state index contributed by atoms with van der Waals surface area (Å²) in [4.78, 5) is 20.2. The van der Waals surface area contributed by atoms with Crippen molar-refractivity contribution in [3.63, 3.8) is 0 Å². The zero-order valence-electron chi connectivity index (χ0n) is 11.7. The van der Waals surface area contributed by atoms with E-state index in [2.05, 4.69) is 15.3 Å². The number of esters is 1. The molecule has 0 aliphatic heterocycles. The Bertz CT molecular complexity index is 438. The van der Waals surface area contributed by atoms with E-state index in [-0.39, 0.29) is 11.9 Å². The zero-order valence-corrected chi connectivity index (χ0v) is 12.5. The minimum absolute atomic E-state index is 0.0795. The molecule has 0 bridgehead atoms. The fourth-order valence-electron chi connectivity index (χ4n) is 1.66. The maximum atomic E-state index is 11.7. The van der Waals surface area contributed by atoms with Crippen molar-refractivity contribution in [1.29, 1.82) is 0 Å². The molecule has 0 amide bonds. The van der Waals surface area contributed by atoms with Crippen LogP contribution in [0.1, 0.15) is 33.0 Å². The number of ether oxygens (including phenoxy) is 1. The molecule has 1 aromatic rings. The van der Waals surface area contributed by atoms with Crippen LogP contribution in [0.3, 0.4) is 0 Å². The average Bonchev–Trinajstić information content (AvgIpc) is 2.34. The molecule has 1 unspecified atom stereocenters. The van der Waals surface area contributed by atoms with Gasteiger partial charge >= 0.3 is 5.97 Å². The van der Waals surface area contributed by atoms with E-state index in [1.807, 2.05) is 20.8 Å². The Morgan fingerprint density at radius 3 is 2.68 bits per heavy atom. The van der Waals surface area contributed by atoms with E-state index >= 15 is 0 Å². The maximum Gasteiger partial charge on any atom is 0.328 e. The van der Waals surface area contributed by atoms with Crippen molar-refractivity contribution in [1.82, 2.24) is 9.97 Å². The van der Waals surface area contributed by atoms with Gasteiger partial charge in [0.2, 0.25) is 0 Å². The topological polar surface area (TPSA) is 64.1 Å². The minimum atomic E-state index is -0.453. The molecule has 1 atom stereocenters. The third kappa shape index (κ3) is 4.67. The highest BCUT2D eigenvalue weighted by Crippen LogP contribution is 2.16. The third-order valence-corrected chi connectivity index (χ3v) is 2.83. The lowest BCUT2D eigenvalue weighted by Gasteiger charge is -2.20. The van der Waals surface area contributed by atoms with Gasteiger partial charge in [0.25, 0.3) is 0 Å². The molecule has 0 aliphatic rings.